The van der Waals surface area contributed by atoms with Crippen molar-refractivity contribution < 1.29 is 14.5 Å². The lowest BCUT2D eigenvalue weighted by atomic mass is 9.93. The summed E-state index contributed by atoms with van der Waals surface area (Å²) in [6.45, 7) is 5.35. The van der Waals surface area contributed by atoms with E-state index >= 15 is 0 Å². The maximum absolute atomic E-state index is 11.8. The summed E-state index contributed by atoms with van der Waals surface area (Å²) < 4.78 is 0. The number of nitrogens with one attached hydrogen (secondary N) is 1. The van der Waals surface area contributed by atoms with Crippen LogP contribution >= 0.6 is 0 Å². The van der Waals surface area contributed by atoms with Gasteiger partial charge in [-0.2, -0.15) is 0 Å². The maximum Gasteiger partial charge on any atom is 0.365 e. The Bertz CT molecular complexity index is 470. The van der Waals surface area contributed by atoms with Gasteiger partial charge in [0.1, 0.15) is 0 Å². The molecular formula is C15H21N2O2+. The number of quaternary nitrogens is 1. The smallest absolute Gasteiger partial charge is 0.334 e. The lowest BCUT2D eigenvalue weighted by molar-refractivity contribution is -0.908. The third-order valence-electron chi connectivity index (χ3n) is 3.81. The summed E-state index contributed by atoms with van der Waals surface area (Å²) in [4.78, 5) is 18.4. The van der Waals surface area contributed by atoms with Gasteiger partial charge >= 0.3 is 5.97 Å². The largest absolute Gasteiger partial charge is 0.365 e. The summed E-state index contributed by atoms with van der Waals surface area (Å²) in [6, 6.07) is 9.47. The number of likely N-dealkylation sites (tertiary alicyclic amines) is 1. The van der Waals surface area contributed by atoms with E-state index in [0.29, 0.717) is 17.5 Å². The second kappa shape index (κ2) is 5.97. The van der Waals surface area contributed by atoms with Gasteiger partial charge in [-0.3, -0.25) is 0 Å². The van der Waals surface area contributed by atoms with E-state index in [2.05, 4.69) is 26.1 Å². The molecule has 4 nitrogen and oxygen atoms in total. The van der Waals surface area contributed by atoms with Gasteiger partial charge in [-0.05, 0) is 19.1 Å². The zero-order chi connectivity index (χ0) is 13.8. The predicted octanol–water partition coefficient (Wildman–Crippen LogP) is 1.14. The van der Waals surface area contributed by atoms with Crippen molar-refractivity contribution >= 4 is 11.7 Å². The number of benzene rings is 1. The molecule has 1 aromatic carbocycles. The van der Waals surface area contributed by atoms with Crippen molar-refractivity contribution in [2.24, 2.45) is 11.1 Å². The standard InChI is InChI=1S/C15H20N2O2/c1-11-10-17(3)12(2)9-14(11)16-19-15(18)13-7-5-4-6-8-13/h4-8,11-12H,9-10H2,1-3H3/p+1/b16-14-/t11-,12+/m1/s1. The zero-order valence-electron chi connectivity index (χ0n) is 11.7. The van der Waals surface area contributed by atoms with Gasteiger partial charge in [-0.15, -0.1) is 0 Å². The van der Waals surface area contributed by atoms with Crippen molar-refractivity contribution in [2.45, 2.75) is 26.3 Å². The molecule has 1 aromatic rings. The van der Waals surface area contributed by atoms with E-state index in [4.69, 9.17) is 4.84 Å². The molecule has 0 aliphatic carbocycles. The van der Waals surface area contributed by atoms with Crippen LogP contribution in [0.15, 0.2) is 35.5 Å². The Balaban J connectivity index is 2.00. The number of oxime groups is 1. The summed E-state index contributed by atoms with van der Waals surface area (Å²) in [5.74, 6) is -0.0287. The van der Waals surface area contributed by atoms with E-state index in [1.54, 1.807) is 12.1 Å². The van der Waals surface area contributed by atoms with E-state index < -0.39 is 0 Å². The van der Waals surface area contributed by atoms with Crippen LogP contribution in [0.25, 0.3) is 0 Å². The van der Waals surface area contributed by atoms with Crippen LogP contribution < -0.4 is 4.90 Å². The minimum absolute atomic E-state index is 0.361. The highest BCUT2D eigenvalue weighted by molar-refractivity contribution is 5.91. The van der Waals surface area contributed by atoms with Crippen LogP contribution in [-0.4, -0.2) is 31.3 Å². The summed E-state index contributed by atoms with van der Waals surface area (Å²) in [6.07, 6.45) is 0.884. The number of piperidine rings is 1. The highest BCUT2D eigenvalue weighted by atomic mass is 16.7. The first-order chi connectivity index (χ1) is 9.08. The van der Waals surface area contributed by atoms with Crippen molar-refractivity contribution in [3.63, 3.8) is 0 Å². The van der Waals surface area contributed by atoms with Gasteiger partial charge in [0, 0.05) is 12.3 Å². The number of carbonyl (C=O) groups is 1. The van der Waals surface area contributed by atoms with Crippen molar-refractivity contribution in [2.75, 3.05) is 13.6 Å². The Morgan fingerprint density at radius 2 is 2.00 bits per heavy atom. The van der Waals surface area contributed by atoms with E-state index in [1.807, 2.05) is 18.2 Å². The maximum atomic E-state index is 11.8. The molecule has 1 N–H and O–H groups in total. The molecule has 3 atom stereocenters. The molecular weight excluding hydrogens is 240 g/mol. The average molecular weight is 261 g/mol. The molecule has 102 valence electrons. The SMILES string of the molecule is C[C@@H]1C[NH+](C)[C@@H](C)C/C1=N/OC(=O)c1ccccc1. The minimum atomic E-state index is -0.390. The Hall–Kier alpha value is -1.68. The minimum Gasteiger partial charge on any atom is -0.334 e. The number of carbonyl (C=O) groups excluding carboxylic acids is 1. The molecule has 0 radical (unpaired) electrons. The van der Waals surface area contributed by atoms with Gasteiger partial charge in [-0.25, -0.2) is 4.79 Å². The summed E-state index contributed by atoms with van der Waals surface area (Å²) >= 11 is 0. The molecule has 1 aliphatic rings. The van der Waals surface area contributed by atoms with Gasteiger partial charge in [0.15, 0.2) is 0 Å². The van der Waals surface area contributed by atoms with Gasteiger partial charge in [-0.1, -0.05) is 30.3 Å². The summed E-state index contributed by atoms with van der Waals surface area (Å²) in [7, 11) is 2.19. The van der Waals surface area contributed by atoms with Crippen LogP contribution in [0.5, 0.6) is 0 Å². The van der Waals surface area contributed by atoms with Gasteiger partial charge in [0.05, 0.1) is 30.9 Å². The predicted molar refractivity (Wildman–Crippen MR) is 74.3 cm³/mol. The first-order valence-corrected chi connectivity index (χ1v) is 6.73. The topological polar surface area (TPSA) is 43.1 Å². The van der Waals surface area contributed by atoms with Crippen LogP contribution in [0.1, 0.15) is 30.6 Å². The molecule has 0 bridgehead atoms. The Morgan fingerprint density at radius 3 is 2.68 bits per heavy atom. The molecule has 4 heteroatoms. The third-order valence-corrected chi connectivity index (χ3v) is 3.81. The second-order valence-electron chi connectivity index (χ2n) is 5.38. The Morgan fingerprint density at radius 1 is 1.32 bits per heavy atom. The van der Waals surface area contributed by atoms with Crippen molar-refractivity contribution in [3.8, 4) is 0 Å². The Labute approximate surface area is 114 Å². The molecule has 0 spiro atoms. The molecule has 1 fully saturated rings. The van der Waals surface area contributed by atoms with E-state index in [1.165, 1.54) is 4.90 Å². The molecule has 1 heterocycles. The average Bonchev–Trinajstić information content (AvgIpc) is 2.42. The molecule has 1 saturated heterocycles. The number of nitrogens with zero attached hydrogens (tertiary/aromatic N) is 1. The molecule has 0 saturated carbocycles. The second-order valence-corrected chi connectivity index (χ2v) is 5.38. The van der Waals surface area contributed by atoms with Crippen LogP contribution in [0, 0.1) is 5.92 Å². The van der Waals surface area contributed by atoms with Crippen LogP contribution in [0.3, 0.4) is 0 Å². The molecule has 1 aliphatic heterocycles. The fourth-order valence-electron chi connectivity index (χ4n) is 2.35. The lowest BCUT2D eigenvalue weighted by Gasteiger charge is -2.31. The first kappa shape index (κ1) is 13.7. The van der Waals surface area contributed by atoms with Gasteiger partial charge < -0.3 is 9.74 Å². The normalized spacial score (nSPS) is 29.2. The monoisotopic (exact) mass is 261 g/mol. The first-order valence-electron chi connectivity index (χ1n) is 6.73. The molecule has 19 heavy (non-hydrogen) atoms. The van der Waals surface area contributed by atoms with E-state index in [9.17, 15) is 4.79 Å². The number of hydrogen-bond donors (Lipinski definition) is 1. The van der Waals surface area contributed by atoms with E-state index in [-0.39, 0.29) is 5.97 Å². The molecule has 0 aromatic heterocycles. The quantitative estimate of drug-likeness (QED) is 0.641. The fourth-order valence-corrected chi connectivity index (χ4v) is 2.35. The number of hydrogen-bond acceptors (Lipinski definition) is 3. The van der Waals surface area contributed by atoms with Gasteiger partial charge in [0.25, 0.3) is 0 Å². The van der Waals surface area contributed by atoms with Crippen LogP contribution in [0.4, 0.5) is 0 Å². The highest BCUT2D eigenvalue weighted by Gasteiger charge is 2.29. The number of rotatable bonds is 2. The van der Waals surface area contributed by atoms with Gasteiger partial charge in [0.2, 0.25) is 0 Å². The van der Waals surface area contributed by atoms with Crippen LogP contribution in [-0.2, 0) is 4.84 Å². The van der Waals surface area contributed by atoms with E-state index in [0.717, 1.165) is 18.7 Å². The Kier molecular flexibility index (Phi) is 4.32. The molecule has 1 unspecified atom stereocenters. The highest BCUT2D eigenvalue weighted by Crippen LogP contribution is 2.09. The van der Waals surface area contributed by atoms with Crippen molar-refractivity contribution in [1.29, 1.82) is 0 Å². The molecule has 2 rings (SSSR count). The summed E-state index contributed by atoms with van der Waals surface area (Å²) in [5, 5.41) is 4.08. The molecule has 0 amide bonds. The zero-order valence-corrected chi connectivity index (χ0v) is 11.7. The third kappa shape index (κ3) is 3.41. The van der Waals surface area contributed by atoms with Crippen molar-refractivity contribution in [1.82, 2.24) is 0 Å². The van der Waals surface area contributed by atoms with Crippen molar-refractivity contribution in [3.05, 3.63) is 35.9 Å². The summed E-state index contributed by atoms with van der Waals surface area (Å²) in [5.41, 5.74) is 1.52. The fraction of sp³-hybridized carbons (Fsp3) is 0.467. The van der Waals surface area contributed by atoms with Crippen LogP contribution in [0.2, 0.25) is 0 Å². The lowest BCUT2D eigenvalue weighted by Crippen LogP contribution is -3.14.